The minimum Gasteiger partial charge on any atom is -0.494 e. The molecular weight excluding hydrogens is 461 g/mol. The number of amides is 1. The molecule has 1 saturated heterocycles. The Morgan fingerprint density at radius 3 is 2.57 bits per heavy atom. The largest absolute Gasteiger partial charge is 0.494 e. The number of carbonyl (C=O) groups excluding carboxylic acids is 1. The number of piperazine rings is 1. The molecule has 0 saturated carbocycles. The molecule has 2 heterocycles. The third-order valence-corrected chi connectivity index (χ3v) is 7.81. The molecule has 0 atom stereocenters. The highest BCUT2D eigenvalue weighted by Crippen LogP contribution is 2.38. The fourth-order valence-corrected chi connectivity index (χ4v) is 5.61. The van der Waals surface area contributed by atoms with Crippen molar-refractivity contribution in [3.8, 4) is 5.75 Å². The third-order valence-electron chi connectivity index (χ3n) is 4.97. The highest BCUT2D eigenvalue weighted by molar-refractivity contribution is 7.99. The number of hydrogen-bond donors (Lipinski definition) is 0. The monoisotopic (exact) mass is 481 g/mol. The smallest absolute Gasteiger partial charge is 0.223 e. The Hall–Kier alpha value is -1.67. The van der Waals surface area contributed by atoms with Crippen LogP contribution in [0.25, 0.3) is 10.2 Å². The van der Waals surface area contributed by atoms with Gasteiger partial charge in [0.15, 0.2) is 5.13 Å². The number of ether oxygens (including phenoxy) is 1. The van der Waals surface area contributed by atoms with Gasteiger partial charge in [0.05, 0.1) is 16.8 Å². The van der Waals surface area contributed by atoms with Crippen molar-refractivity contribution in [1.82, 2.24) is 9.88 Å². The Balaban J connectivity index is 1.31. The molecule has 4 rings (SSSR count). The van der Waals surface area contributed by atoms with Gasteiger partial charge in [-0.2, -0.15) is 0 Å². The zero-order chi connectivity index (χ0) is 21.1. The van der Waals surface area contributed by atoms with Gasteiger partial charge in [-0.25, -0.2) is 4.98 Å². The number of thiazole rings is 1. The first kappa shape index (κ1) is 21.6. The number of rotatable bonds is 6. The number of carbonyl (C=O) groups is 1. The molecule has 0 bridgehead atoms. The molecule has 0 radical (unpaired) electrons. The quantitative estimate of drug-likeness (QED) is 0.438. The maximum Gasteiger partial charge on any atom is 0.223 e. The van der Waals surface area contributed by atoms with Crippen LogP contribution in [0.4, 0.5) is 5.13 Å². The number of nitrogens with zero attached hydrogens (tertiary/aromatic N) is 3. The molecule has 5 nitrogen and oxygen atoms in total. The molecule has 9 heteroatoms. The molecule has 1 aromatic heterocycles. The Kier molecular flexibility index (Phi) is 6.93. The van der Waals surface area contributed by atoms with Gasteiger partial charge in [-0.15, -0.1) is 11.8 Å². The number of aromatic nitrogens is 1. The summed E-state index contributed by atoms with van der Waals surface area (Å²) in [4.78, 5) is 22.6. The summed E-state index contributed by atoms with van der Waals surface area (Å²) < 4.78 is 6.35. The van der Waals surface area contributed by atoms with Crippen LogP contribution in [-0.2, 0) is 4.79 Å². The lowest BCUT2D eigenvalue weighted by atomic mass is 10.3. The molecule has 158 valence electrons. The summed E-state index contributed by atoms with van der Waals surface area (Å²) in [5, 5.41) is 2.32. The highest BCUT2D eigenvalue weighted by Gasteiger charge is 2.24. The number of methoxy groups -OCH3 is 1. The average molecular weight is 482 g/mol. The standard InChI is InChI=1S/C21H21Cl2N3O2S2/c1-28-17-7-6-16(23)20-19(17)24-21(30-20)26-11-9-25(10-12-26)18(27)8-13-29-15-4-2-14(22)3-5-15/h2-7H,8-13H2,1H3. The van der Waals surface area contributed by atoms with E-state index in [1.807, 2.05) is 41.3 Å². The van der Waals surface area contributed by atoms with Crippen LogP contribution in [0.3, 0.4) is 0 Å². The molecule has 30 heavy (non-hydrogen) atoms. The van der Waals surface area contributed by atoms with Crippen LogP contribution in [0.15, 0.2) is 41.3 Å². The summed E-state index contributed by atoms with van der Waals surface area (Å²) in [6.45, 7) is 2.92. The van der Waals surface area contributed by atoms with Crippen molar-refractivity contribution in [2.45, 2.75) is 11.3 Å². The van der Waals surface area contributed by atoms with Crippen LogP contribution >= 0.6 is 46.3 Å². The Labute approximate surface area is 193 Å². The van der Waals surface area contributed by atoms with Gasteiger partial charge >= 0.3 is 0 Å². The SMILES string of the molecule is COc1ccc(Cl)c2sc(N3CCN(C(=O)CCSc4ccc(Cl)cc4)CC3)nc12. The van der Waals surface area contributed by atoms with Gasteiger partial charge in [0.25, 0.3) is 0 Å². The van der Waals surface area contributed by atoms with Crippen LogP contribution in [0.1, 0.15) is 6.42 Å². The Bertz CT molecular complexity index is 1030. The molecule has 2 aromatic carbocycles. The molecule has 0 aliphatic carbocycles. The average Bonchev–Trinajstić information content (AvgIpc) is 3.22. The predicted molar refractivity (Wildman–Crippen MR) is 127 cm³/mol. The first-order valence-corrected chi connectivity index (χ1v) is 12.1. The summed E-state index contributed by atoms with van der Waals surface area (Å²) in [7, 11) is 1.64. The van der Waals surface area contributed by atoms with Gasteiger partial charge in [0.2, 0.25) is 5.91 Å². The van der Waals surface area contributed by atoms with Gasteiger partial charge < -0.3 is 14.5 Å². The maximum atomic E-state index is 12.6. The third kappa shape index (κ3) is 4.80. The van der Waals surface area contributed by atoms with Crippen molar-refractivity contribution >= 4 is 67.6 Å². The number of fused-ring (bicyclic) bond motifs is 1. The number of thioether (sulfide) groups is 1. The molecule has 0 N–H and O–H groups in total. The Morgan fingerprint density at radius 1 is 1.13 bits per heavy atom. The molecule has 1 aliphatic heterocycles. The van der Waals surface area contributed by atoms with Crippen molar-refractivity contribution < 1.29 is 9.53 Å². The first-order valence-electron chi connectivity index (χ1n) is 9.59. The van der Waals surface area contributed by atoms with E-state index in [9.17, 15) is 4.79 Å². The van der Waals surface area contributed by atoms with E-state index in [4.69, 9.17) is 32.9 Å². The molecule has 1 fully saturated rings. The zero-order valence-corrected chi connectivity index (χ0v) is 19.6. The van der Waals surface area contributed by atoms with Crippen molar-refractivity contribution in [1.29, 1.82) is 0 Å². The van der Waals surface area contributed by atoms with Crippen LogP contribution in [0, 0.1) is 0 Å². The molecule has 0 unspecified atom stereocenters. The molecule has 1 amide bonds. The number of halogens is 2. The lowest BCUT2D eigenvalue weighted by molar-refractivity contribution is -0.131. The second-order valence-electron chi connectivity index (χ2n) is 6.84. The van der Waals surface area contributed by atoms with E-state index in [2.05, 4.69) is 4.90 Å². The van der Waals surface area contributed by atoms with E-state index >= 15 is 0 Å². The lowest BCUT2D eigenvalue weighted by Crippen LogP contribution is -2.48. The van der Waals surface area contributed by atoms with Crippen molar-refractivity contribution in [2.24, 2.45) is 0 Å². The summed E-state index contributed by atoms with van der Waals surface area (Å²) in [6, 6.07) is 11.4. The van der Waals surface area contributed by atoms with Crippen molar-refractivity contribution in [3.63, 3.8) is 0 Å². The van der Waals surface area contributed by atoms with E-state index < -0.39 is 0 Å². The second-order valence-corrected chi connectivity index (χ2v) is 9.83. The Morgan fingerprint density at radius 2 is 1.87 bits per heavy atom. The second kappa shape index (κ2) is 9.64. The van der Waals surface area contributed by atoms with E-state index in [1.165, 1.54) is 0 Å². The van der Waals surface area contributed by atoms with Crippen LogP contribution in [0.5, 0.6) is 5.75 Å². The van der Waals surface area contributed by atoms with Gasteiger partial charge in [-0.1, -0.05) is 34.5 Å². The normalized spacial score (nSPS) is 14.4. The number of anilines is 1. The summed E-state index contributed by atoms with van der Waals surface area (Å²) in [5.74, 6) is 1.69. The summed E-state index contributed by atoms with van der Waals surface area (Å²) >= 11 is 15.5. The number of benzene rings is 2. The molecule has 1 aliphatic rings. The van der Waals surface area contributed by atoms with Crippen molar-refractivity contribution in [2.75, 3.05) is 43.9 Å². The number of hydrogen-bond acceptors (Lipinski definition) is 6. The predicted octanol–water partition coefficient (Wildman–Crippen LogP) is 5.44. The fraction of sp³-hybridized carbons (Fsp3) is 0.333. The summed E-state index contributed by atoms with van der Waals surface area (Å²) in [6.07, 6.45) is 0.529. The van der Waals surface area contributed by atoms with E-state index in [0.29, 0.717) is 24.5 Å². The fourth-order valence-electron chi connectivity index (χ4n) is 3.33. The van der Waals surface area contributed by atoms with Gasteiger partial charge in [0, 0.05) is 48.3 Å². The molecular formula is C21H21Cl2N3O2S2. The van der Waals surface area contributed by atoms with Crippen LogP contribution in [-0.4, -0.2) is 54.8 Å². The minimum absolute atomic E-state index is 0.199. The topological polar surface area (TPSA) is 45.7 Å². The maximum absolute atomic E-state index is 12.6. The van der Waals surface area contributed by atoms with Gasteiger partial charge in [-0.3, -0.25) is 4.79 Å². The highest BCUT2D eigenvalue weighted by atomic mass is 35.5. The van der Waals surface area contributed by atoms with E-state index in [-0.39, 0.29) is 5.91 Å². The first-order chi connectivity index (χ1) is 14.5. The zero-order valence-electron chi connectivity index (χ0n) is 16.4. The van der Waals surface area contributed by atoms with Gasteiger partial charge in [-0.05, 0) is 36.4 Å². The van der Waals surface area contributed by atoms with Crippen LogP contribution in [0.2, 0.25) is 10.0 Å². The van der Waals surface area contributed by atoms with Crippen molar-refractivity contribution in [3.05, 3.63) is 46.4 Å². The molecule has 0 spiro atoms. The molecule has 3 aromatic rings. The lowest BCUT2D eigenvalue weighted by Gasteiger charge is -2.34. The van der Waals surface area contributed by atoms with Gasteiger partial charge in [0.1, 0.15) is 11.3 Å². The van der Waals surface area contributed by atoms with Crippen LogP contribution < -0.4 is 9.64 Å². The minimum atomic E-state index is 0.199. The summed E-state index contributed by atoms with van der Waals surface area (Å²) in [5.41, 5.74) is 0.794. The van der Waals surface area contributed by atoms with E-state index in [1.54, 1.807) is 30.2 Å². The van der Waals surface area contributed by atoms with E-state index in [0.717, 1.165) is 49.9 Å².